The van der Waals surface area contributed by atoms with Crippen LogP contribution in [0.2, 0.25) is 0 Å². The summed E-state index contributed by atoms with van der Waals surface area (Å²) in [5.41, 5.74) is 2.96. The molecule has 2 aromatic rings. The molecule has 1 saturated heterocycles. The van der Waals surface area contributed by atoms with Crippen molar-refractivity contribution in [3.63, 3.8) is 0 Å². The van der Waals surface area contributed by atoms with Crippen molar-refractivity contribution in [1.29, 1.82) is 0 Å². The van der Waals surface area contributed by atoms with Crippen LogP contribution in [0.15, 0.2) is 66.4 Å². The molecule has 156 valence electrons. The number of amides is 1. The summed E-state index contributed by atoms with van der Waals surface area (Å²) in [6.45, 7) is 5.16. The summed E-state index contributed by atoms with van der Waals surface area (Å²) in [4.78, 5) is 20.1. The summed E-state index contributed by atoms with van der Waals surface area (Å²) in [7, 11) is 1.87. The molecule has 0 saturated carbocycles. The van der Waals surface area contributed by atoms with Gasteiger partial charge in [-0.1, -0.05) is 69.2 Å². The van der Waals surface area contributed by atoms with Crippen LogP contribution in [0.4, 0.5) is 11.4 Å². The third-order valence-electron chi connectivity index (χ3n) is 6.06. The second kappa shape index (κ2) is 8.23. The van der Waals surface area contributed by atoms with Gasteiger partial charge in [0.05, 0.1) is 5.70 Å². The molecule has 0 N–H and O–H groups in total. The number of benzene rings is 2. The molecule has 2 heterocycles. The molecule has 0 radical (unpaired) electrons. The van der Waals surface area contributed by atoms with Crippen molar-refractivity contribution < 1.29 is 4.79 Å². The van der Waals surface area contributed by atoms with Crippen LogP contribution in [0.5, 0.6) is 0 Å². The Balaban J connectivity index is 2.02. The normalized spacial score (nSPS) is 22.0. The third-order valence-corrected chi connectivity index (χ3v) is 6.47. The van der Waals surface area contributed by atoms with E-state index < -0.39 is 5.54 Å². The maximum Gasteiger partial charge on any atom is 0.264 e. The van der Waals surface area contributed by atoms with Crippen molar-refractivity contribution in [3.8, 4) is 0 Å². The molecule has 4 nitrogen and oxygen atoms in total. The van der Waals surface area contributed by atoms with E-state index in [1.165, 1.54) is 0 Å². The average molecular weight is 420 g/mol. The summed E-state index contributed by atoms with van der Waals surface area (Å²) in [5, 5.41) is 0.704. The molecular weight excluding hydrogens is 390 g/mol. The van der Waals surface area contributed by atoms with Crippen molar-refractivity contribution in [3.05, 3.63) is 71.9 Å². The van der Waals surface area contributed by atoms with Crippen LogP contribution in [0.25, 0.3) is 0 Å². The molecule has 1 fully saturated rings. The highest BCUT2D eigenvalue weighted by Gasteiger charge is 2.63. The Morgan fingerprint density at radius 3 is 2.40 bits per heavy atom. The number of rotatable bonds is 6. The fourth-order valence-electron chi connectivity index (χ4n) is 4.63. The smallest absolute Gasteiger partial charge is 0.264 e. The number of para-hydroxylation sites is 2. The largest absolute Gasteiger partial charge is 0.319 e. The molecule has 4 rings (SSSR count). The van der Waals surface area contributed by atoms with Crippen molar-refractivity contribution in [1.82, 2.24) is 4.90 Å². The molecule has 1 unspecified atom stereocenters. The molecule has 0 aromatic heterocycles. The van der Waals surface area contributed by atoms with Crippen LogP contribution >= 0.6 is 12.2 Å². The van der Waals surface area contributed by atoms with Gasteiger partial charge in [0.2, 0.25) is 0 Å². The van der Waals surface area contributed by atoms with E-state index in [0.29, 0.717) is 5.11 Å². The zero-order valence-electron chi connectivity index (χ0n) is 18.0. The predicted octanol–water partition coefficient (Wildman–Crippen LogP) is 5.45. The van der Waals surface area contributed by atoms with E-state index in [4.69, 9.17) is 12.2 Å². The number of anilines is 2. The minimum atomic E-state index is -0.952. The molecule has 2 aliphatic rings. The molecule has 0 bridgehead atoms. The molecule has 2 aromatic carbocycles. The number of hydrogen-bond acceptors (Lipinski definition) is 2. The van der Waals surface area contributed by atoms with E-state index >= 15 is 0 Å². The van der Waals surface area contributed by atoms with Crippen LogP contribution in [0.1, 0.15) is 45.1 Å². The van der Waals surface area contributed by atoms with Crippen molar-refractivity contribution in [2.45, 2.75) is 45.1 Å². The van der Waals surface area contributed by atoms with Gasteiger partial charge in [0.15, 0.2) is 10.7 Å². The fourth-order valence-corrected chi connectivity index (χ4v) is 5.06. The molecule has 1 amide bonds. The van der Waals surface area contributed by atoms with E-state index in [2.05, 4.69) is 35.8 Å². The van der Waals surface area contributed by atoms with Gasteiger partial charge >= 0.3 is 0 Å². The number of likely N-dealkylation sites (N-methyl/N-ethyl adjacent to an activating group) is 1. The molecule has 5 heteroatoms. The van der Waals surface area contributed by atoms with Crippen molar-refractivity contribution >= 4 is 34.6 Å². The summed E-state index contributed by atoms with van der Waals surface area (Å²) < 4.78 is 0. The van der Waals surface area contributed by atoms with Gasteiger partial charge in [0.1, 0.15) is 0 Å². The second-order valence-corrected chi connectivity index (χ2v) is 8.29. The first kappa shape index (κ1) is 20.6. The zero-order valence-corrected chi connectivity index (χ0v) is 18.8. The third kappa shape index (κ3) is 2.87. The number of unbranched alkanes of at least 4 members (excludes halogenated alkanes) is 2. The van der Waals surface area contributed by atoms with Crippen LogP contribution in [-0.2, 0) is 10.3 Å². The minimum absolute atomic E-state index is 0.0521. The van der Waals surface area contributed by atoms with Crippen molar-refractivity contribution in [2.24, 2.45) is 0 Å². The van der Waals surface area contributed by atoms with Gasteiger partial charge in [-0.15, -0.1) is 0 Å². The average Bonchev–Trinajstić information content (AvgIpc) is 3.15. The summed E-state index contributed by atoms with van der Waals surface area (Å²) in [6.07, 6.45) is 6.25. The topological polar surface area (TPSA) is 26.8 Å². The predicted molar refractivity (Wildman–Crippen MR) is 128 cm³/mol. The molecule has 1 spiro atoms. The van der Waals surface area contributed by atoms with Gasteiger partial charge in [0, 0.05) is 30.5 Å². The molecule has 0 aliphatic carbocycles. The SMILES string of the molecule is CCC/C=C1/N(CCCC)C(=S)N(c2ccccc2)C12C(=O)N(C)c1ccccc12. The quantitative estimate of drug-likeness (QED) is 0.582. The lowest BCUT2D eigenvalue weighted by Gasteiger charge is -2.34. The van der Waals surface area contributed by atoms with Gasteiger partial charge in [-0.3, -0.25) is 9.69 Å². The second-order valence-electron chi connectivity index (χ2n) is 7.93. The van der Waals surface area contributed by atoms with E-state index in [-0.39, 0.29) is 5.91 Å². The zero-order chi connectivity index (χ0) is 21.3. The van der Waals surface area contributed by atoms with E-state index in [0.717, 1.165) is 54.9 Å². The number of fused-ring (bicyclic) bond motifs is 2. The van der Waals surface area contributed by atoms with Crippen LogP contribution in [0.3, 0.4) is 0 Å². The minimum Gasteiger partial charge on any atom is -0.319 e. The Hall–Kier alpha value is -2.66. The van der Waals surface area contributed by atoms with E-state index in [9.17, 15) is 4.79 Å². The molecule has 30 heavy (non-hydrogen) atoms. The maximum atomic E-state index is 14.1. The first-order valence-corrected chi connectivity index (χ1v) is 11.2. The van der Waals surface area contributed by atoms with E-state index in [1.54, 1.807) is 4.90 Å². The Kier molecular flexibility index (Phi) is 5.65. The Morgan fingerprint density at radius 1 is 1.00 bits per heavy atom. The summed E-state index contributed by atoms with van der Waals surface area (Å²) in [5.74, 6) is 0.0521. The number of carbonyl (C=O) groups excluding carboxylic acids is 1. The number of nitrogens with zero attached hydrogens (tertiary/aromatic N) is 3. The molecular formula is C25H29N3OS. The number of carbonyl (C=O) groups is 1. The lowest BCUT2D eigenvalue weighted by Crippen LogP contribution is -2.51. The molecule has 1 atom stereocenters. The highest BCUT2D eigenvalue weighted by Crippen LogP contribution is 2.54. The Morgan fingerprint density at radius 2 is 1.70 bits per heavy atom. The summed E-state index contributed by atoms with van der Waals surface area (Å²) in [6, 6.07) is 18.2. The summed E-state index contributed by atoms with van der Waals surface area (Å²) >= 11 is 6.06. The van der Waals surface area contributed by atoms with Crippen LogP contribution < -0.4 is 9.80 Å². The standard InChI is InChI=1S/C25H29N3OS/c1-4-6-17-22-25(20-15-11-12-16-21(20)26(3)23(25)29)28(19-13-9-8-10-14-19)24(30)27(22)18-7-5-2/h8-17H,4-7,18H2,1-3H3/b22-17+. The Bertz CT molecular complexity index is 987. The number of thiocarbonyl (C=S) groups is 1. The van der Waals surface area contributed by atoms with Gasteiger partial charge in [-0.05, 0) is 43.3 Å². The highest BCUT2D eigenvalue weighted by atomic mass is 32.1. The van der Waals surface area contributed by atoms with Gasteiger partial charge < -0.3 is 9.80 Å². The fraction of sp³-hybridized carbons (Fsp3) is 0.360. The monoisotopic (exact) mass is 419 g/mol. The molecule has 2 aliphatic heterocycles. The lowest BCUT2D eigenvalue weighted by molar-refractivity contribution is -0.121. The van der Waals surface area contributed by atoms with Gasteiger partial charge in [0.25, 0.3) is 5.91 Å². The van der Waals surface area contributed by atoms with Gasteiger partial charge in [-0.2, -0.15) is 0 Å². The lowest BCUT2D eigenvalue weighted by atomic mass is 9.85. The van der Waals surface area contributed by atoms with Crippen LogP contribution in [0, 0.1) is 0 Å². The van der Waals surface area contributed by atoms with E-state index in [1.807, 2.05) is 55.6 Å². The Labute approximate surface area is 184 Å². The van der Waals surface area contributed by atoms with Crippen molar-refractivity contribution in [2.75, 3.05) is 23.4 Å². The van der Waals surface area contributed by atoms with Crippen LogP contribution in [-0.4, -0.2) is 29.5 Å². The number of allylic oxidation sites excluding steroid dienone is 1. The maximum absolute atomic E-state index is 14.1. The first-order valence-electron chi connectivity index (χ1n) is 10.8. The van der Waals surface area contributed by atoms with Gasteiger partial charge in [-0.25, -0.2) is 0 Å². The highest BCUT2D eigenvalue weighted by molar-refractivity contribution is 7.80. The number of hydrogen-bond donors (Lipinski definition) is 0. The first-order chi connectivity index (χ1) is 14.6.